The Balaban J connectivity index is 1.10. The summed E-state index contributed by atoms with van der Waals surface area (Å²) < 4.78 is 0. The highest BCUT2D eigenvalue weighted by molar-refractivity contribution is 5.76. The zero-order chi connectivity index (χ0) is 22.1. The average molecular weight is 438 g/mol. The van der Waals surface area contributed by atoms with E-state index in [2.05, 4.69) is 46.6 Å². The first kappa shape index (κ1) is 21.7. The number of nitriles is 1. The molecule has 7 nitrogen and oxygen atoms in total. The van der Waals surface area contributed by atoms with Crippen molar-refractivity contribution in [3.8, 4) is 6.07 Å². The van der Waals surface area contributed by atoms with Gasteiger partial charge in [-0.3, -0.25) is 4.90 Å². The minimum absolute atomic E-state index is 0.0719. The van der Waals surface area contributed by atoms with Gasteiger partial charge < -0.3 is 20.2 Å². The van der Waals surface area contributed by atoms with Gasteiger partial charge in [-0.05, 0) is 37.7 Å². The molecule has 172 valence electrons. The van der Waals surface area contributed by atoms with Crippen LogP contribution in [0, 0.1) is 11.3 Å². The second kappa shape index (κ2) is 9.01. The summed E-state index contributed by atoms with van der Waals surface area (Å²) in [6.45, 7) is 4.53. The second-order valence-electron chi connectivity index (χ2n) is 10.2. The van der Waals surface area contributed by atoms with Gasteiger partial charge in [0.25, 0.3) is 0 Å². The van der Waals surface area contributed by atoms with Crippen molar-refractivity contribution in [1.29, 1.82) is 5.26 Å². The fourth-order valence-corrected chi connectivity index (χ4v) is 5.90. The molecule has 0 aromatic heterocycles. The number of piperidine rings is 2. The first-order chi connectivity index (χ1) is 15.6. The lowest BCUT2D eigenvalue weighted by Crippen LogP contribution is -2.73. The van der Waals surface area contributed by atoms with Gasteiger partial charge in [0.2, 0.25) is 0 Å². The molecule has 0 bridgehead atoms. The van der Waals surface area contributed by atoms with Crippen LogP contribution in [0.2, 0.25) is 0 Å². The quantitative estimate of drug-likeness (QED) is 0.738. The number of hydrogen-bond acceptors (Lipinski definition) is 5. The summed E-state index contributed by atoms with van der Waals surface area (Å²) in [7, 11) is 0. The van der Waals surface area contributed by atoms with E-state index in [4.69, 9.17) is 0 Å². The smallest absolute Gasteiger partial charge is 0.320 e. The van der Waals surface area contributed by atoms with Crippen LogP contribution in [-0.4, -0.2) is 88.8 Å². The summed E-state index contributed by atoms with van der Waals surface area (Å²) in [6.07, 6.45) is 4.96. The van der Waals surface area contributed by atoms with E-state index in [-0.39, 0.29) is 17.7 Å². The fourth-order valence-electron chi connectivity index (χ4n) is 5.90. The summed E-state index contributed by atoms with van der Waals surface area (Å²) in [5.41, 5.74) is 1.26. The summed E-state index contributed by atoms with van der Waals surface area (Å²) in [6, 6.07) is 14.4. The van der Waals surface area contributed by atoms with Gasteiger partial charge in [0.1, 0.15) is 0 Å². The molecule has 4 fully saturated rings. The third-order valence-corrected chi connectivity index (χ3v) is 8.02. The average Bonchev–Trinajstić information content (AvgIpc) is 3.56. The van der Waals surface area contributed by atoms with Crippen LogP contribution in [-0.2, 0) is 0 Å². The zero-order valence-electron chi connectivity index (χ0n) is 18.8. The largest absolute Gasteiger partial charge is 0.393 e. The van der Waals surface area contributed by atoms with E-state index in [9.17, 15) is 15.2 Å². The van der Waals surface area contributed by atoms with Gasteiger partial charge in [-0.1, -0.05) is 30.3 Å². The molecule has 2 amide bonds. The number of rotatable bonds is 5. The van der Waals surface area contributed by atoms with E-state index in [1.54, 1.807) is 0 Å². The van der Waals surface area contributed by atoms with Crippen molar-refractivity contribution in [2.45, 2.75) is 68.2 Å². The van der Waals surface area contributed by atoms with Gasteiger partial charge in [-0.15, -0.1) is 0 Å². The molecule has 3 heterocycles. The first-order valence-corrected chi connectivity index (χ1v) is 12.2. The Bertz CT molecular complexity index is 834. The van der Waals surface area contributed by atoms with Crippen LogP contribution < -0.4 is 5.32 Å². The van der Waals surface area contributed by atoms with Crippen molar-refractivity contribution >= 4 is 6.03 Å². The van der Waals surface area contributed by atoms with E-state index >= 15 is 0 Å². The summed E-state index contributed by atoms with van der Waals surface area (Å²) >= 11 is 0. The standard InChI is InChI=1S/C25H35N5O2/c26-11-10-25(17-29(18-25)24(32)28-12-8-21(31)9-13-28)30-14-6-20(7-15-30)27-23-16-22(23)19-4-2-1-3-5-19/h1-5,20-23,27,31H,6-10,12-18H2/t22-,23+/m0/s1. The molecule has 1 saturated carbocycles. The van der Waals surface area contributed by atoms with Crippen molar-refractivity contribution in [2.24, 2.45) is 0 Å². The predicted octanol–water partition coefficient (Wildman–Crippen LogP) is 2.14. The van der Waals surface area contributed by atoms with E-state index in [1.807, 2.05) is 9.80 Å². The number of nitrogens with zero attached hydrogens (tertiary/aromatic N) is 4. The van der Waals surface area contributed by atoms with Crippen molar-refractivity contribution < 1.29 is 9.90 Å². The summed E-state index contributed by atoms with van der Waals surface area (Å²) in [5, 5.41) is 23.1. The van der Waals surface area contributed by atoms with E-state index < -0.39 is 0 Å². The minimum Gasteiger partial charge on any atom is -0.393 e. The number of carbonyl (C=O) groups is 1. The number of urea groups is 1. The molecule has 0 unspecified atom stereocenters. The Morgan fingerprint density at radius 2 is 1.75 bits per heavy atom. The van der Waals surface area contributed by atoms with Crippen LogP contribution >= 0.6 is 0 Å². The van der Waals surface area contributed by atoms with E-state index in [1.165, 1.54) is 12.0 Å². The number of hydrogen-bond donors (Lipinski definition) is 2. The Labute approximate surface area is 191 Å². The number of aliphatic hydroxyl groups excluding tert-OH is 1. The SMILES string of the molecule is N#CCC1(N2CCC(N[C@@H]3C[C@H]3c3ccccc3)CC2)CN(C(=O)N2CCC(O)CC2)C1. The monoisotopic (exact) mass is 437 g/mol. The number of likely N-dealkylation sites (tertiary alicyclic amines) is 3. The third kappa shape index (κ3) is 4.36. The highest BCUT2D eigenvalue weighted by Gasteiger charge is 2.51. The molecule has 2 N–H and O–H groups in total. The van der Waals surface area contributed by atoms with Gasteiger partial charge in [0, 0.05) is 57.3 Å². The molecule has 3 saturated heterocycles. The third-order valence-electron chi connectivity index (χ3n) is 8.02. The highest BCUT2D eigenvalue weighted by atomic mass is 16.3. The van der Waals surface area contributed by atoms with E-state index in [0.29, 0.717) is 63.4 Å². The lowest BCUT2D eigenvalue weighted by atomic mass is 9.83. The molecule has 1 aromatic carbocycles. The lowest BCUT2D eigenvalue weighted by Gasteiger charge is -2.57. The number of benzene rings is 1. The van der Waals surface area contributed by atoms with Gasteiger partial charge >= 0.3 is 6.03 Å². The lowest BCUT2D eigenvalue weighted by molar-refractivity contribution is -0.0509. The summed E-state index contributed by atoms with van der Waals surface area (Å²) in [5.74, 6) is 0.654. The van der Waals surface area contributed by atoms with Crippen LogP contribution in [0.4, 0.5) is 4.79 Å². The Hall–Kier alpha value is -2.14. The Kier molecular flexibility index (Phi) is 6.11. The topological polar surface area (TPSA) is 82.8 Å². The second-order valence-corrected chi connectivity index (χ2v) is 10.2. The molecule has 4 aliphatic rings. The van der Waals surface area contributed by atoms with E-state index in [0.717, 1.165) is 25.9 Å². The Morgan fingerprint density at radius 1 is 1.06 bits per heavy atom. The predicted molar refractivity (Wildman–Crippen MR) is 122 cm³/mol. The molecule has 0 spiro atoms. The normalized spacial score (nSPS) is 28.8. The molecule has 5 rings (SSSR count). The summed E-state index contributed by atoms with van der Waals surface area (Å²) in [4.78, 5) is 19.1. The number of amides is 2. The van der Waals surface area contributed by atoms with Crippen LogP contribution in [0.15, 0.2) is 30.3 Å². The molecule has 2 atom stereocenters. The molecule has 1 aliphatic carbocycles. The van der Waals surface area contributed by atoms with Gasteiger partial charge in [0.15, 0.2) is 0 Å². The maximum atomic E-state index is 12.8. The molecular weight excluding hydrogens is 402 g/mol. The molecule has 1 aromatic rings. The van der Waals surface area contributed by atoms with Crippen LogP contribution in [0.1, 0.15) is 50.0 Å². The van der Waals surface area contributed by atoms with Gasteiger partial charge in [-0.2, -0.15) is 5.26 Å². The van der Waals surface area contributed by atoms with Crippen molar-refractivity contribution in [1.82, 2.24) is 20.0 Å². The van der Waals surface area contributed by atoms with Gasteiger partial charge in [-0.25, -0.2) is 4.79 Å². The Morgan fingerprint density at radius 3 is 2.41 bits per heavy atom. The highest BCUT2D eigenvalue weighted by Crippen LogP contribution is 2.42. The fraction of sp³-hybridized carbons (Fsp3) is 0.680. The van der Waals surface area contributed by atoms with Crippen LogP contribution in [0.5, 0.6) is 0 Å². The minimum atomic E-state index is -0.276. The maximum absolute atomic E-state index is 12.8. The number of nitrogens with one attached hydrogen (secondary N) is 1. The van der Waals surface area contributed by atoms with Crippen LogP contribution in [0.3, 0.4) is 0 Å². The van der Waals surface area contributed by atoms with Crippen molar-refractivity contribution in [3.63, 3.8) is 0 Å². The molecule has 0 radical (unpaired) electrons. The van der Waals surface area contributed by atoms with Gasteiger partial charge in [0.05, 0.1) is 24.1 Å². The zero-order valence-corrected chi connectivity index (χ0v) is 18.8. The first-order valence-electron chi connectivity index (χ1n) is 12.2. The molecular formula is C25H35N5O2. The van der Waals surface area contributed by atoms with Crippen LogP contribution in [0.25, 0.3) is 0 Å². The van der Waals surface area contributed by atoms with Crippen molar-refractivity contribution in [2.75, 3.05) is 39.3 Å². The number of aliphatic hydroxyl groups is 1. The molecule has 3 aliphatic heterocycles. The number of carbonyl (C=O) groups excluding carboxylic acids is 1. The maximum Gasteiger partial charge on any atom is 0.320 e. The molecule has 32 heavy (non-hydrogen) atoms. The molecule has 7 heteroatoms. The van der Waals surface area contributed by atoms with Crippen molar-refractivity contribution in [3.05, 3.63) is 35.9 Å².